The van der Waals surface area contributed by atoms with Crippen LogP contribution in [0.1, 0.15) is 73.1 Å². The number of aromatic amines is 2. The molecule has 29 heteroatoms. The summed E-state index contributed by atoms with van der Waals surface area (Å²) in [5.41, 5.74) is 14.3. The molecule has 1 unspecified atom stereocenters. The number of anilines is 4. The lowest BCUT2D eigenvalue weighted by atomic mass is 10.2. The molecule has 0 aliphatic carbocycles. The van der Waals surface area contributed by atoms with Gasteiger partial charge in [0.05, 0.1) is 74.4 Å². The fourth-order valence-corrected chi connectivity index (χ4v) is 13.3. The zero-order valence-electron chi connectivity index (χ0n) is 42.1. The van der Waals surface area contributed by atoms with Crippen molar-refractivity contribution in [1.29, 1.82) is 0 Å². The van der Waals surface area contributed by atoms with Crippen LogP contribution in [-0.2, 0) is 51.1 Å². The van der Waals surface area contributed by atoms with E-state index < -0.39 is 43.1 Å². The number of benzene rings is 2. The van der Waals surface area contributed by atoms with E-state index in [2.05, 4.69) is 52.1 Å². The molecule has 4 heterocycles. The Morgan fingerprint density at radius 1 is 0.703 bits per heavy atom. The van der Waals surface area contributed by atoms with E-state index in [0.29, 0.717) is 48.7 Å². The number of carboxylic acid groups (broad SMARTS) is 1. The number of H-pyrrole nitrogens is 2. The molecule has 0 aliphatic rings. The smallest absolute Gasteiger partial charge is 0.343 e. The molecular weight excluding hydrogens is 1040 g/mol. The van der Waals surface area contributed by atoms with Gasteiger partial charge in [0, 0.05) is 54.1 Å². The van der Waals surface area contributed by atoms with Crippen LogP contribution >= 0.6 is 27.0 Å². The van der Waals surface area contributed by atoms with Crippen LogP contribution in [0, 0.1) is 0 Å². The zero-order chi connectivity index (χ0) is 54.4. The molecule has 6 aromatic rings. The van der Waals surface area contributed by atoms with Crippen molar-refractivity contribution in [2.75, 3.05) is 90.8 Å². The number of fused-ring (bicyclic) bond motifs is 2. The van der Waals surface area contributed by atoms with E-state index in [0.717, 1.165) is 23.5 Å². The minimum absolute atomic E-state index is 0.00908. The molecule has 0 spiro atoms. The maximum absolute atomic E-state index is 12.5. The van der Waals surface area contributed by atoms with Crippen LogP contribution < -0.4 is 37.7 Å². The highest BCUT2D eigenvalue weighted by Gasteiger charge is 2.27. The van der Waals surface area contributed by atoms with Gasteiger partial charge in [0.1, 0.15) is 5.49 Å². The molecule has 1 amide bonds. The van der Waals surface area contributed by atoms with Crippen molar-refractivity contribution in [2.45, 2.75) is 54.1 Å². The van der Waals surface area contributed by atoms with Gasteiger partial charge in [-0.1, -0.05) is 6.92 Å². The third-order valence-electron chi connectivity index (χ3n) is 9.71. The highest BCUT2D eigenvalue weighted by atomic mass is 32.2. The predicted molar refractivity (Wildman–Crippen MR) is 288 cm³/mol. The molecule has 6 rings (SSSR count). The number of rotatable bonds is 25. The first kappa shape index (κ1) is 60.4. The van der Waals surface area contributed by atoms with Gasteiger partial charge in [0.2, 0.25) is 11.9 Å². The van der Waals surface area contributed by atoms with Crippen molar-refractivity contribution in [3.05, 3.63) is 104 Å². The topological polar surface area (TPSA) is 356 Å². The molecule has 0 radical (unpaired) electrons. The summed E-state index contributed by atoms with van der Waals surface area (Å²) >= 11 is 1.63. The first-order valence-corrected chi connectivity index (χ1v) is 29.2. The molecule has 0 aliphatic heterocycles. The largest absolute Gasteiger partial charge is 0.478 e. The Labute approximate surface area is 433 Å². The highest BCUT2D eigenvalue weighted by molar-refractivity contribution is 8.04. The monoisotopic (exact) mass is 1100 g/mol. The van der Waals surface area contributed by atoms with Gasteiger partial charge in [-0.05, 0) is 88.4 Å². The number of carbonyl (C=O) groups excluding carboxylic acids is 1. The summed E-state index contributed by atoms with van der Waals surface area (Å²) in [6.45, 7) is 11.3. The van der Waals surface area contributed by atoms with E-state index in [1.54, 1.807) is 62.0 Å². The molecule has 4 aromatic heterocycles. The second kappa shape index (κ2) is 29.6. The van der Waals surface area contributed by atoms with Gasteiger partial charge < -0.3 is 49.8 Å². The Bertz CT molecular complexity index is 3030. The maximum Gasteiger partial charge on any atom is 0.343 e. The Morgan fingerprint density at radius 3 is 1.55 bits per heavy atom. The second-order valence-electron chi connectivity index (χ2n) is 15.5. The van der Waals surface area contributed by atoms with E-state index in [4.69, 9.17) is 34.7 Å². The van der Waals surface area contributed by atoms with Crippen LogP contribution in [0.15, 0.2) is 70.5 Å². The Hall–Kier alpha value is -6.18. The Balaban J connectivity index is 0.000000273. The molecule has 0 bridgehead atoms. The van der Waals surface area contributed by atoms with Crippen molar-refractivity contribution >= 4 is 95.2 Å². The first-order valence-electron chi connectivity index (χ1n) is 23.1. The minimum atomic E-state index is -3.41. The molecule has 8 N–H and O–H groups in total. The van der Waals surface area contributed by atoms with Crippen LogP contribution in [0.2, 0.25) is 0 Å². The average molecular weight is 1100 g/mol. The summed E-state index contributed by atoms with van der Waals surface area (Å²) in [6, 6.07) is 13.3. The normalized spacial score (nSPS) is 11.8. The van der Waals surface area contributed by atoms with Crippen LogP contribution in [0.25, 0.3) is 22.3 Å². The Morgan fingerprint density at radius 2 is 1.14 bits per heavy atom. The minimum Gasteiger partial charge on any atom is -0.478 e. The van der Waals surface area contributed by atoms with Gasteiger partial charge in [-0.15, -0.1) is 11.8 Å². The lowest BCUT2D eigenvalue weighted by molar-refractivity contribution is 0.0696. The number of hydrogen-bond acceptors (Lipinski definition) is 22. The first-order chi connectivity index (χ1) is 35.3. The average Bonchev–Trinajstić information content (AvgIpc) is 3.35. The molecule has 25 nitrogen and oxygen atoms in total. The van der Waals surface area contributed by atoms with Crippen LogP contribution in [0.4, 0.5) is 23.3 Å². The number of aromatic carboxylic acids is 1. The van der Waals surface area contributed by atoms with Crippen molar-refractivity contribution in [3.63, 3.8) is 0 Å². The summed E-state index contributed by atoms with van der Waals surface area (Å²) in [4.78, 5) is 80.5. The highest BCUT2D eigenvalue weighted by Crippen LogP contribution is 2.51. The molecule has 0 saturated carbocycles. The molecular formula is C45H63N13O12P2S2. The lowest BCUT2D eigenvalue weighted by Crippen LogP contribution is -2.28. The van der Waals surface area contributed by atoms with Crippen LogP contribution in [0.5, 0.6) is 0 Å². The lowest BCUT2D eigenvalue weighted by Gasteiger charge is -2.19. The molecule has 0 saturated heterocycles. The summed E-state index contributed by atoms with van der Waals surface area (Å²) in [5, 5.41) is 11.6. The van der Waals surface area contributed by atoms with Gasteiger partial charge in [0.15, 0.2) is 22.3 Å². The number of aromatic nitrogens is 8. The van der Waals surface area contributed by atoms with Crippen molar-refractivity contribution < 1.29 is 46.1 Å². The van der Waals surface area contributed by atoms with Crippen molar-refractivity contribution in [1.82, 2.24) is 45.2 Å². The van der Waals surface area contributed by atoms with Gasteiger partial charge >= 0.3 is 21.2 Å². The number of carbonyl (C=O) groups is 2. The van der Waals surface area contributed by atoms with E-state index in [1.807, 2.05) is 37.7 Å². The number of nitrogens with two attached hydrogens (primary N) is 2. The summed E-state index contributed by atoms with van der Waals surface area (Å²) in [5.74, 6) is -0.210. The summed E-state index contributed by atoms with van der Waals surface area (Å²) in [6.07, 6.45) is 4.14. The van der Waals surface area contributed by atoms with Gasteiger partial charge in [-0.2, -0.15) is 9.97 Å². The number of hydrogen-bond donors (Lipinski definition) is 6. The van der Waals surface area contributed by atoms with Gasteiger partial charge in [0.25, 0.3) is 17.0 Å². The van der Waals surface area contributed by atoms with Gasteiger partial charge in [-0.3, -0.25) is 37.7 Å². The number of nitrogens with one attached hydrogen (secondary N) is 3. The third kappa shape index (κ3) is 18.9. The predicted octanol–water partition coefficient (Wildman–Crippen LogP) is 5.62. The standard InChI is InChI=1S/C22H30N7O6PS.C15H14N6O3.C8H19O3PS/c1-4-34-36(32,35-5-2)14-37(33)11-10-24-20(30)15-6-8-17(9-7-15)29(3)13-16-12-25-19-18(26-16)21(31)28-22(23)27-19;1-21(10-4-2-8(3-5-10)14(23)24)7-9-6-17-12-11(18-9)13(22)20-15(16)19-12;1-4-7-13-8-12(9,10-5-2)11-6-3/h6-9,12H,4-5,10-11,13-14H2,1-3H3,(H,24,30)(H3,23,25,27,28,31);2-6H,7H2,1H3,(H,23,24)(H3,16,17,19,20,22);4-8H2,1-3H3. The number of amides is 1. The zero-order valence-corrected chi connectivity index (χ0v) is 45.6. The summed E-state index contributed by atoms with van der Waals surface area (Å²) in [7, 11) is -4.01. The van der Waals surface area contributed by atoms with Crippen LogP contribution in [0.3, 0.4) is 0 Å². The number of nitrogens with zero attached hydrogens (tertiary/aromatic N) is 8. The summed E-state index contributed by atoms with van der Waals surface area (Å²) < 4.78 is 57.1. The Kier molecular flexibility index (Phi) is 24.2. The van der Waals surface area contributed by atoms with E-state index in [-0.39, 0.29) is 76.7 Å². The number of thioether (sulfide) groups is 1. The molecule has 0 fully saturated rings. The van der Waals surface area contributed by atoms with E-state index >= 15 is 0 Å². The van der Waals surface area contributed by atoms with Gasteiger partial charge in [-0.25, -0.2) is 24.7 Å². The fraction of sp³-hybridized carbons (Fsp3) is 0.422. The van der Waals surface area contributed by atoms with E-state index in [1.165, 1.54) is 24.5 Å². The van der Waals surface area contributed by atoms with Crippen molar-refractivity contribution in [3.8, 4) is 0 Å². The molecule has 2 aromatic carbocycles. The molecule has 402 valence electrons. The fourth-order valence-electron chi connectivity index (χ4n) is 6.44. The second-order valence-corrected chi connectivity index (χ2v) is 23.2. The SMILES string of the molecule is CCCSCP(=O)(OCC)OCC.CCOP(=O)(CS(=O)CCNC(=O)c1ccc(N(C)Cc2cnc3nc(N)[nH]c(=O)c3n2)cc1)OCC.CN(Cc1cnc2nc(N)[nH]c(=O)c2n1)c1ccc(C(=O)O)cc1. The molecule has 74 heavy (non-hydrogen) atoms. The van der Waals surface area contributed by atoms with Crippen LogP contribution in [-0.4, -0.2) is 131 Å². The van der Waals surface area contributed by atoms with Crippen molar-refractivity contribution in [2.24, 2.45) is 0 Å². The maximum atomic E-state index is 12.5. The quantitative estimate of drug-likeness (QED) is 0.0299. The van der Waals surface area contributed by atoms with E-state index in [9.17, 15) is 32.5 Å². The third-order valence-corrected chi connectivity index (χ3v) is 18.1. The number of carboxylic acids is 1. The molecule has 1 atom stereocenters. The number of nitrogen functional groups attached to an aromatic ring is 2.